The Kier molecular flexibility index (Phi) is 3.82. The van der Waals surface area contributed by atoms with E-state index in [4.69, 9.17) is 0 Å². The summed E-state index contributed by atoms with van der Waals surface area (Å²) in [4.78, 5) is 14.1. The summed E-state index contributed by atoms with van der Waals surface area (Å²) in [6.07, 6.45) is 3.35. The predicted molar refractivity (Wildman–Crippen MR) is 62.0 cm³/mol. The average Bonchev–Trinajstić information content (AvgIpc) is 2.28. The van der Waals surface area contributed by atoms with Crippen LogP contribution in [0.5, 0.6) is 0 Å². The van der Waals surface area contributed by atoms with E-state index >= 15 is 0 Å². The lowest BCUT2D eigenvalue weighted by Gasteiger charge is -2.35. The lowest BCUT2D eigenvalue weighted by molar-refractivity contribution is -0.139. The summed E-state index contributed by atoms with van der Waals surface area (Å²) < 4.78 is 0. The summed E-state index contributed by atoms with van der Waals surface area (Å²) in [5.74, 6) is 0.425. The fourth-order valence-electron chi connectivity index (χ4n) is 2.77. The van der Waals surface area contributed by atoms with E-state index in [-0.39, 0.29) is 17.9 Å². The number of hydrogen-bond acceptors (Lipinski definition) is 3. The molecule has 0 aliphatic carbocycles. The van der Waals surface area contributed by atoms with E-state index in [9.17, 15) is 9.90 Å². The molecule has 2 unspecified atom stereocenters. The highest BCUT2D eigenvalue weighted by atomic mass is 16.3. The highest BCUT2D eigenvalue weighted by Crippen LogP contribution is 2.21. The molecule has 0 saturated carbocycles. The van der Waals surface area contributed by atoms with Crippen molar-refractivity contribution in [2.24, 2.45) is 5.92 Å². The summed E-state index contributed by atoms with van der Waals surface area (Å²) in [5, 5.41) is 12.9. The lowest BCUT2D eigenvalue weighted by atomic mass is 9.91. The van der Waals surface area contributed by atoms with Crippen molar-refractivity contribution in [1.29, 1.82) is 0 Å². The fourth-order valence-corrected chi connectivity index (χ4v) is 2.77. The molecule has 0 bridgehead atoms. The Hall–Kier alpha value is -0.610. The highest BCUT2D eigenvalue weighted by Gasteiger charge is 2.30. The topological polar surface area (TPSA) is 52.6 Å². The van der Waals surface area contributed by atoms with Crippen LogP contribution in [0.25, 0.3) is 0 Å². The van der Waals surface area contributed by atoms with Crippen molar-refractivity contribution < 1.29 is 9.90 Å². The highest BCUT2D eigenvalue weighted by molar-refractivity contribution is 5.79. The first-order valence-electron chi connectivity index (χ1n) is 6.37. The van der Waals surface area contributed by atoms with Gasteiger partial charge < -0.3 is 15.3 Å². The van der Waals surface area contributed by atoms with Gasteiger partial charge in [0, 0.05) is 25.0 Å². The Balaban J connectivity index is 1.90. The van der Waals surface area contributed by atoms with E-state index in [1.54, 1.807) is 0 Å². The summed E-state index contributed by atoms with van der Waals surface area (Å²) >= 11 is 0. The zero-order valence-electron chi connectivity index (χ0n) is 9.98. The molecular weight excluding hydrogens is 204 g/mol. The molecule has 0 spiro atoms. The van der Waals surface area contributed by atoms with Gasteiger partial charge in [-0.25, -0.2) is 0 Å². The first-order valence-corrected chi connectivity index (χ1v) is 6.37. The molecule has 0 radical (unpaired) electrons. The molecule has 4 nitrogen and oxygen atoms in total. The summed E-state index contributed by atoms with van der Waals surface area (Å²) in [6.45, 7) is 4.43. The van der Waals surface area contributed by atoms with E-state index < -0.39 is 0 Å². The van der Waals surface area contributed by atoms with Crippen LogP contribution in [0, 0.1) is 5.92 Å². The monoisotopic (exact) mass is 226 g/mol. The van der Waals surface area contributed by atoms with Gasteiger partial charge >= 0.3 is 0 Å². The van der Waals surface area contributed by atoms with Crippen LogP contribution in [-0.4, -0.2) is 47.7 Å². The molecule has 2 heterocycles. The normalized spacial score (nSPS) is 36.1. The molecule has 2 N–H and O–H groups in total. The number of nitrogens with one attached hydrogen (secondary N) is 1. The van der Waals surface area contributed by atoms with E-state index in [0.29, 0.717) is 12.6 Å². The molecule has 16 heavy (non-hydrogen) atoms. The maximum Gasteiger partial charge on any atom is 0.225 e. The maximum atomic E-state index is 12.2. The first-order chi connectivity index (χ1) is 7.66. The SMILES string of the molecule is CC1CC(C(=O)N2CCC[C@H](O)C2)CCN1. The van der Waals surface area contributed by atoms with Crippen LogP contribution in [0.4, 0.5) is 0 Å². The van der Waals surface area contributed by atoms with E-state index in [1.165, 1.54) is 0 Å². The second kappa shape index (κ2) is 5.15. The molecule has 0 aromatic rings. The Morgan fingerprint density at radius 2 is 2.25 bits per heavy atom. The van der Waals surface area contributed by atoms with Crippen LogP contribution >= 0.6 is 0 Å². The molecule has 2 rings (SSSR count). The van der Waals surface area contributed by atoms with Crippen molar-refractivity contribution in [3.63, 3.8) is 0 Å². The Morgan fingerprint density at radius 1 is 1.44 bits per heavy atom. The van der Waals surface area contributed by atoms with Gasteiger partial charge in [0.05, 0.1) is 6.10 Å². The second-order valence-electron chi connectivity index (χ2n) is 5.16. The molecular formula is C12H22N2O2. The minimum absolute atomic E-state index is 0.168. The van der Waals surface area contributed by atoms with Gasteiger partial charge in [-0.15, -0.1) is 0 Å². The number of β-amino-alcohol motifs (C(OH)–C–C–N with tert-alkyl or cyclic N) is 1. The number of rotatable bonds is 1. The number of carbonyl (C=O) groups is 1. The van der Waals surface area contributed by atoms with Crippen LogP contribution in [0.1, 0.15) is 32.6 Å². The van der Waals surface area contributed by atoms with Gasteiger partial charge in [0.15, 0.2) is 0 Å². The Labute approximate surface area is 97.0 Å². The molecule has 2 aliphatic heterocycles. The van der Waals surface area contributed by atoms with E-state index in [2.05, 4.69) is 12.2 Å². The quantitative estimate of drug-likeness (QED) is 0.678. The van der Waals surface area contributed by atoms with Gasteiger partial charge in [0.2, 0.25) is 5.91 Å². The number of likely N-dealkylation sites (tertiary alicyclic amines) is 1. The zero-order valence-corrected chi connectivity index (χ0v) is 9.98. The number of carbonyl (C=O) groups excluding carboxylic acids is 1. The van der Waals surface area contributed by atoms with Gasteiger partial charge in [-0.05, 0) is 39.2 Å². The van der Waals surface area contributed by atoms with E-state index in [0.717, 1.165) is 38.8 Å². The van der Waals surface area contributed by atoms with Crippen molar-refractivity contribution in [3.05, 3.63) is 0 Å². The third kappa shape index (κ3) is 2.74. The molecule has 0 aromatic carbocycles. The van der Waals surface area contributed by atoms with Crippen LogP contribution in [0.15, 0.2) is 0 Å². The largest absolute Gasteiger partial charge is 0.391 e. The van der Waals surface area contributed by atoms with Gasteiger partial charge in [-0.3, -0.25) is 4.79 Å². The number of aliphatic hydroxyl groups excluding tert-OH is 1. The number of aliphatic hydroxyl groups is 1. The number of amides is 1. The smallest absolute Gasteiger partial charge is 0.225 e. The predicted octanol–water partition coefficient (Wildman–Crippen LogP) is 0.358. The van der Waals surface area contributed by atoms with Crippen LogP contribution in [-0.2, 0) is 4.79 Å². The van der Waals surface area contributed by atoms with Crippen molar-refractivity contribution in [1.82, 2.24) is 10.2 Å². The van der Waals surface area contributed by atoms with Crippen LogP contribution in [0.3, 0.4) is 0 Å². The van der Waals surface area contributed by atoms with Gasteiger partial charge in [0.1, 0.15) is 0 Å². The first kappa shape index (κ1) is 11.9. The van der Waals surface area contributed by atoms with Crippen molar-refractivity contribution in [3.8, 4) is 0 Å². The minimum Gasteiger partial charge on any atom is -0.391 e. The molecule has 1 amide bonds. The van der Waals surface area contributed by atoms with Gasteiger partial charge in [-0.2, -0.15) is 0 Å². The second-order valence-corrected chi connectivity index (χ2v) is 5.16. The molecule has 2 aliphatic rings. The standard InChI is InChI=1S/C12H22N2O2/c1-9-7-10(4-5-13-9)12(16)14-6-2-3-11(15)8-14/h9-11,13,15H,2-8H2,1H3/t9?,10?,11-/m0/s1. The van der Waals surface area contributed by atoms with Crippen LogP contribution in [0.2, 0.25) is 0 Å². The minimum atomic E-state index is -0.308. The molecule has 4 heteroatoms. The number of nitrogens with zero attached hydrogens (tertiary/aromatic N) is 1. The van der Waals surface area contributed by atoms with Crippen molar-refractivity contribution in [2.45, 2.75) is 44.8 Å². The van der Waals surface area contributed by atoms with E-state index in [1.807, 2.05) is 4.90 Å². The molecule has 2 fully saturated rings. The number of piperidine rings is 2. The Bertz CT molecular complexity index is 233. The lowest BCUT2D eigenvalue weighted by Crippen LogP contribution is -2.48. The molecule has 0 aromatic heterocycles. The zero-order chi connectivity index (χ0) is 11.5. The third-order valence-electron chi connectivity index (χ3n) is 3.68. The summed E-state index contributed by atoms with van der Waals surface area (Å²) in [7, 11) is 0. The van der Waals surface area contributed by atoms with Gasteiger partial charge in [0.25, 0.3) is 0 Å². The van der Waals surface area contributed by atoms with Crippen molar-refractivity contribution in [2.75, 3.05) is 19.6 Å². The van der Waals surface area contributed by atoms with Gasteiger partial charge in [-0.1, -0.05) is 0 Å². The molecule has 92 valence electrons. The third-order valence-corrected chi connectivity index (χ3v) is 3.68. The number of hydrogen-bond donors (Lipinski definition) is 2. The molecule has 3 atom stereocenters. The fraction of sp³-hybridized carbons (Fsp3) is 0.917. The van der Waals surface area contributed by atoms with Crippen LogP contribution < -0.4 is 5.32 Å². The summed E-state index contributed by atoms with van der Waals surface area (Å²) in [5.41, 5.74) is 0. The summed E-state index contributed by atoms with van der Waals surface area (Å²) in [6, 6.07) is 0.442. The Morgan fingerprint density at radius 3 is 2.94 bits per heavy atom. The maximum absolute atomic E-state index is 12.2. The molecule has 2 saturated heterocycles. The average molecular weight is 226 g/mol. The van der Waals surface area contributed by atoms with Crippen molar-refractivity contribution >= 4 is 5.91 Å².